The Bertz CT molecular complexity index is 2840. The SMILES string of the molecule is Cn1c(=O)n(C2CCC(=O)NC2=O)c2ccc(C#CCCN3CCC(CCCc4ccc(-n5cc(NC(=O)c6coc(-c7ccnc(CCC8CC8)c7)n6)c(C(F)F)n5)cc4)CC3)cc21. The topological polar surface area (TPSA) is 162 Å². The second kappa shape index (κ2) is 19.2. The number of pyridine rings is 1. The Morgan fingerprint density at radius 1 is 0.954 bits per heavy atom. The third kappa shape index (κ3) is 10.2. The summed E-state index contributed by atoms with van der Waals surface area (Å²) >= 11 is 0. The number of imidazole rings is 1. The number of benzene rings is 2. The minimum absolute atomic E-state index is 0.0349. The van der Waals surface area contributed by atoms with Gasteiger partial charge in [-0.1, -0.05) is 43.2 Å². The molecule has 16 heteroatoms. The van der Waals surface area contributed by atoms with Crippen molar-refractivity contribution in [2.45, 2.75) is 89.5 Å². The molecule has 2 N–H and O–H groups in total. The van der Waals surface area contributed by atoms with E-state index in [0.29, 0.717) is 34.6 Å². The van der Waals surface area contributed by atoms with Crippen molar-refractivity contribution in [3.05, 3.63) is 112 Å². The van der Waals surface area contributed by atoms with Crippen LogP contribution in [0, 0.1) is 23.7 Å². The number of aromatic nitrogens is 6. The van der Waals surface area contributed by atoms with E-state index >= 15 is 0 Å². The largest absolute Gasteiger partial charge is 0.444 e. The van der Waals surface area contributed by atoms with Crippen LogP contribution in [0.2, 0.25) is 0 Å². The molecule has 14 nitrogen and oxygen atoms in total. The van der Waals surface area contributed by atoms with Crippen LogP contribution < -0.4 is 16.3 Å². The van der Waals surface area contributed by atoms with Crippen molar-refractivity contribution in [2.24, 2.45) is 18.9 Å². The predicted octanol–water partition coefficient (Wildman–Crippen LogP) is 7.56. The van der Waals surface area contributed by atoms with Crippen LogP contribution in [-0.2, 0) is 29.5 Å². The number of imide groups is 1. The van der Waals surface area contributed by atoms with E-state index in [0.717, 1.165) is 93.7 Å². The zero-order valence-corrected chi connectivity index (χ0v) is 36.3. The molecule has 6 heterocycles. The van der Waals surface area contributed by atoms with Crippen molar-refractivity contribution < 1.29 is 27.6 Å². The lowest BCUT2D eigenvalue weighted by Gasteiger charge is -2.31. The van der Waals surface area contributed by atoms with Gasteiger partial charge in [-0.3, -0.25) is 33.8 Å². The number of oxazole rings is 1. The molecule has 6 aromatic rings. The maximum Gasteiger partial charge on any atom is 0.329 e. The summed E-state index contributed by atoms with van der Waals surface area (Å²) in [6.07, 6.45) is 12.4. The van der Waals surface area contributed by atoms with Gasteiger partial charge in [0.1, 0.15) is 12.3 Å². The molecular formula is C49H51F2N9O5. The number of carbonyl (C=O) groups excluding carboxylic acids is 3. The number of likely N-dealkylation sites (tertiary alicyclic amines) is 1. The first-order chi connectivity index (χ1) is 31.6. The van der Waals surface area contributed by atoms with E-state index in [1.54, 1.807) is 19.3 Å². The Balaban J connectivity index is 0.716. The number of fused-ring (bicyclic) bond motifs is 1. The van der Waals surface area contributed by atoms with Crippen LogP contribution in [0.25, 0.3) is 28.2 Å². The molecular weight excluding hydrogens is 833 g/mol. The summed E-state index contributed by atoms with van der Waals surface area (Å²) in [4.78, 5) is 61.6. The minimum atomic E-state index is -2.91. The van der Waals surface area contributed by atoms with Gasteiger partial charge in [0.25, 0.3) is 12.3 Å². The van der Waals surface area contributed by atoms with Crippen LogP contribution in [0.3, 0.4) is 0 Å². The van der Waals surface area contributed by atoms with E-state index < -0.39 is 30.0 Å². The summed E-state index contributed by atoms with van der Waals surface area (Å²) in [6, 6.07) is 16.2. The number of anilines is 1. The number of halogens is 2. The molecule has 336 valence electrons. The average Bonchev–Trinajstić information content (AvgIpc) is 3.72. The number of hydrogen-bond donors (Lipinski definition) is 2. The summed E-state index contributed by atoms with van der Waals surface area (Å²) in [6.45, 7) is 2.95. The molecule has 0 spiro atoms. The summed E-state index contributed by atoms with van der Waals surface area (Å²) in [5.41, 5.74) is 4.53. The fourth-order valence-corrected chi connectivity index (χ4v) is 8.94. The third-order valence-corrected chi connectivity index (χ3v) is 12.9. The van der Waals surface area contributed by atoms with Crippen molar-refractivity contribution in [2.75, 3.05) is 25.0 Å². The van der Waals surface area contributed by atoms with Gasteiger partial charge < -0.3 is 14.6 Å². The summed E-state index contributed by atoms with van der Waals surface area (Å²) in [5, 5.41) is 9.01. The molecule has 3 aliphatic rings. The van der Waals surface area contributed by atoms with Crippen molar-refractivity contribution in [3.63, 3.8) is 0 Å². The van der Waals surface area contributed by atoms with Gasteiger partial charge in [-0.2, -0.15) is 5.10 Å². The van der Waals surface area contributed by atoms with Gasteiger partial charge in [0.2, 0.25) is 17.7 Å². The van der Waals surface area contributed by atoms with Crippen molar-refractivity contribution >= 4 is 34.4 Å². The van der Waals surface area contributed by atoms with Crippen molar-refractivity contribution in [1.82, 2.24) is 39.1 Å². The van der Waals surface area contributed by atoms with Gasteiger partial charge in [0, 0.05) is 49.5 Å². The van der Waals surface area contributed by atoms with Gasteiger partial charge in [-0.05, 0) is 118 Å². The highest BCUT2D eigenvalue weighted by atomic mass is 19.3. The molecule has 1 saturated carbocycles. The molecule has 1 atom stereocenters. The molecule has 3 amide bonds. The highest BCUT2D eigenvalue weighted by Crippen LogP contribution is 2.34. The normalized spacial score (nSPS) is 17.1. The van der Waals surface area contributed by atoms with Gasteiger partial charge in [-0.25, -0.2) is 23.2 Å². The summed E-state index contributed by atoms with van der Waals surface area (Å²) in [5.74, 6) is 6.77. The quantitative estimate of drug-likeness (QED) is 0.0783. The van der Waals surface area contributed by atoms with Gasteiger partial charge in [0.15, 0.2) is 11.4 Å². The maximum absolute atomic E-state index is 14.1. The van der Waals surface area contributed by atoms with Crippen LogP contribution >= 0.6 is 0 Å². The molecule has 2 saturated heterocycles. The van der Waals surface area contributed by atoms with Crippen molar-refractivity contribution in [3.8, 4) is 29.0 Å². The predicted molar refractivity (Wildman–Crippen MR) is 239 cm³/mol. The lowest BCUT2D eigenvalue weighted by atomic mass is 9.90. The van der Waals surface area contributed by atoms with E-state index in [9.17, 15) is 28.0 Å². The molecule has 1 aliphatic carbocycles. The zero-order valence-electron chi connectivity index (χ0n) is 36.3. The summed E-state index contributed by atoms with van der Waals surface area (Å²) in [7, 11) is 1.68. The van der Waals surface area contributed by atoms with Crippen LogP contribution in [0.5, 0.6) is 0 Å². The van der Waals surface area contributed by atoms with Gasteiger partial charge in [-0.15, -0.1) is 0 Å². The number of aryl methyl sites for hydroxylation is 3. The fraction of sp³-hybridized carbons (Fsp3) is 0.408. The van der Waals surface area contributed by atoms with Crippen LogP contribution in [0.1, 0.15) is 110 Å². The first kappa shape index (κ1) is 43.5. The number of nitrogens with one attached hydrogen (secondary N) is 2. The monoisotopic (exact) mass is 883 g/mol. The number of carbonyl (C=O) groups is 3. The number of rotatable bonds is 15. The second-order valence-electron chi connectivity index (χ2n) is 17.5. The Kier molecular flexibility index (Phi) is 12.8. The Morgan fingerprint density at radius 2 is 1.75 bits per heavy atom. The maximum atomic E-state index is 14.1. The molecule has 2 aliphatic heterocycles. The smallest absolute Gasteiger partial charge is 0.329 e. The highest BCUT2D eigenvalue weighted by molar-refractivity contribution is 6.03. The van der Waals surface area contributed by atoms with E-state index in [1.165, 1.54) is 39.1 Å². The third-order valence-electron chi connectivity index (χ3n) is 12.9. The first-order valence-electron chi connectivity index (χ1n) is 22.5. The minimum Gasteiger partial charge on any atom is -0.444 e. The van der Waals surface area contributed by atoms with Crippen LogP contribution in [0.4, 0.5) is 14.5 Å². The van der Waals surface area contributed by atoms with E-state index in [1.807, 2.05) is 48.5 Å². The van der Waals surface area contributed by atoms with Crippen LogP contribution in [0.15, 0.2) is 82.5 Å². The Hall–Kier alpha value is -6.73. The van der Waals surface area contributed by atoms with Crippen molar-refractivity contribution in [1.29, 1.82) is 0 Å². The molecule has 0 bridgehead atoms. The standard InChI is InChI=1S/C49H51F2N9O5/c1-57-42-27-34(13-17-40(42)60(49(57)64)41-18-19-43(61)55-47(41)63)5-2-3-24-58-25-21-32(22-26-58)7-4-6-31-11-15-37(16-12-31)59-29-38(44(56-59)45(50)51)53-46(62)39-30-65-48(54-39)35-20-23-52-36(28-35)14-10-33-8-9-33/h11-13,15-17,20,23,27-30,32-33,41,45H,3-4,6-10,14,18-19,21-22,24-26H2,1H3,(H,53,62)(H,55,61,63). The molecule has 4 aromatic heterocycles. The molecule has 65 heavy (non-hydrogen) atoms. The fourth-order valence-electron chi connectivity index (χ4n) is 8.94. The molecule has 2 aromatic carbocycles. The number of nitrogens with zero attached hydrogens (tertiary/aromatic N) is 7. The number of piperidine rings is 2. The van der Waals surface area contributed by atoms with Gasteiger partial charge in [0.05, 0.1) is 28.6 Å². The Labute approximate surface area is 374 Å². The van der Waals surface area contributed by atoms with E-state index in [4.69, 9.17) is 4.42 Å². The lowest BCUT2D eigenvalue weighted by molar-refractivity contribution is -0.135. The number of amides is 3. The highest BCUT2D eigenvalue weighted by Gasteiger charge is 2.31. The Morgan fingerprint density at radius 3 is 2.52 bits per heavy atom. The molecule has 3 fully saturated rings. The molecule has 9 rings (SSSR count). The van der Waals surface area contributed by atoms with E-state index in [-0.39, 0.29) is 35.3 Å². The number of hydrogen-bond acceptors (Lipinski definition) is 9. The second-order valence-corrected chi connectivity index (χ2v) is 17.5. The van der Waals surface area contributed by atoms with Crippen LogP contribution in [-0.4, -0.2) is 71.1 Å². The first-order valence-corrected chi connectivity index (χ1v) is 22.5. The average molecular weight is 884 g/mol. The lowest BCUT2D eigenvalue weighted by Crippen LogP contribution is -2.44. The molecule has 0 radical (unpaired) electrons. The number of alkyl halides is 2. The molecule has 1 unspecified atom stereocenters. The summed E-state index contributed by atoms with van der Waals surface area (Å²) < 4.78 is 38.2. The van der Waals surface area contributed by atoms with E-state index in [2.05, 4.69) is 42.4 Å². The zero-order chi connectivity index (χ0) is 45.0. The van der Waals surface area contributed by atoms with Gasteiger partial charge >= 0.3 is 5.69 Å².